The Bertz CT molecular complexity index is 160. The van der Waals surface area contributed by atoms with Crippen LogP contribution in [0, 0.1) is 0 Å². The van der Waals surface area contributed by atoms with Crippen LogP contribution < -0.4 is 0 Å². The van der Waals surface area contributed by atoms with Gasteiger partial charge in [0.25, 0.3) is 0 Å². The molecular weight excluding hydrogens is 200 g/mol. The molecule has 1 atom stereocenters. The van der Waals surface area contributed by atoms with Gasteiger partial charge in [0.2, 0.25) is 0 Å². The highest BCUT2D eigenvalue weighted by molar-refractivity contribution is 5.67. The topological polar surface area (TPSA) is 76.0 Å². The lowest BCUT2D eigenvalue weighted by atomic mass is 10.1. The van der Waals surface area contributed by atoms with Crippen LogP contribution in [0.2, 0.25) is 0 Å². The number of hydrogen-bond donors (Lipinski definition) is 2. The van der Waals surface area contributed by atoms with Gasteiger partial charge in [-0.15, -0.1) is 0 Å². The lowest BCUT2D eigenvalue weighted by molar-refractivity contribution is -0.140. The quantitative estimate of drug-likeness (QED) is 0.529. The van der Waals surface area contributed by atoms with Crippen molar-refractivity contribution < 1.29 is 24.5 Å². The summed E-state index contributed by atoms with van der Waals surface area (Å²) in [5.74, 6) is -0.843. The molecule has 0 spiro atoms. The molecule has 0 amide bonds. The first-order valence-corrected chi connectivity index (χ1v) is 5.22. The third kappa shape index (κ3) is 9.65. The fraction of sp³-hybridized carbons (Fsp3) is 0.900. The van der Waals surface area contributed by atoms with Crippen molar-refractivity contribution in [2.24, 2.45) is 0 Å². The maximum absolute atomic E-state index is 10.5. The predicted octanol–water partition coefficient (Wildman–Crippen LogP) is 0.655. The van der Waals surface area contributed by atoms with Crippen molar-refractivity contribution in [3.05, 3.63) is 0 Å². The van der Waals surface area contributed by atoms with E-state index in [4.69, 9.17) is 19.7 Å². The molecule has 0 aromatic heterocycles. The number of carbonyl (C=O) groups is 1. The second-order valence-corrected chi connectivity index (χ2v) is 3.22. The van der Waals surface area contributed by atoms with Gasteiger partial charge in [0.15, 0.2) is 0 Å². The monoisotopic (exact) mass is 220 g/mol. The van der Waals surface area contributed by atoms with Gasteiger partial charge in [-0.25, -0.2) is 0 Å². The number of carboxylic acids is 1. The van der Waals surface area contributed by atoms with Gasteiger partial charge < -0.3 is 19.7 Å². The van der Waals surface area contributed by atoms with Gasteiger partial charge in [-0.1, -0.05) is 13.3 Å². The van der Waals surface area contributed by atoms with Crippen molar-refractivity contribution in [1.82, 2.24) is 0 Å². The molecule has 0 rings (SSSR count). The summed E-state index contributed by atoms with van der Waals surface area (Å²) in [4.78, 5) is 10.5. The molecule has 5 nitrogen and oxygen atoms in total. The average molecular weight is 220 g/mol. The van der Waals surface area contributed by atoms with Crippen molar-refractivity contribution in [2.75, 3.05) is 26.4 Å². The molecule has 0 aliphatic heterocycles. The van der Waals surface area contributed by atoms with E-state index in [1.807, 2.05) is 6.92 Å². The Balaban J connectivity index is 3.52. The molecule has 2 N–H and O–H groups in total. The van der Waals surface area contributed by atoms with E-state index in [0.29, 0.717) is 19.8 Å². The zero-order valence-electron chi connectivity index (χ0n) is 9.15. The zero-order chi connectivity index (χ0) is 11.5. The lowest BCUT2D eigenvalue weighted by Gasteiger charge is -2.14. The van der Waals surface area contributed by atoms with E-state index in [9.17, 15) is 4.79 Å². The van der Waals surface area contributed by atoms with E-state index < -0.39 is 5.97 Å². The molecule has 0 aliphatic carbocycles. The maximum Gasteiger partial charge on any atom is 0.305 e. The molecule has 0 aromatic rings. The minimum atomic E-state index is -0.843. The van der Waals surface area contributed by atoms with Crippen LogP contribution in [0.4, 0.5) is 0 Å². The van der Waals surface area contributed by atoms with Crippen LogP contribution in [0.5, 0.6) is 0 Å². The summed E-state index contributed by atoms with van der Waals surface area (Å²) < 4.78 is 10.3. The number of rotatable bonds is 10. The highest BCUT2D eigenvalue weighted by Crippen LogP contribution is 2.06. The first-order chi connectivity index (χ1) is 7.20. The molecule has 1 unspecified atom stereocenters. The van der Waals surface area contributed by atoms with Crippen molar-refractivity contribution in [3.63, 3.8) is 0 Å². The van der Waals surface area contributed by atoms with Gasteiger partial charge in [-0.3, -0.25) is 4.79 Å². The molecule has 0 heterocycles. The first kappa shape index (κ1) is 14.3. The number of carboxylic acid groups (broad SMARTS) is 1. The standard InChI is InChI=1S/C10H20O5/c1-2-3-9(8-10(12)13)15-7-6-14-5-4-11/h9,11H,2-8H2,1H3,(H,12,13). The molecule has 0 saturated heterocycles. The van der Waals surface area contributed by atoms with E-state index in [-0.39, 0.29) is 19.1 Å². The van der Waals surface area contributed by atoms with Crippen LogP contribution in [0.3, 0.4) is 0 Å². The zero-order valence-corrected chi connectivity index (χ0v) is 9.15. The summed E-state index contributed by atoms with van der Waals surface area (Å²) in [5, 5.41) is 17.0. The smallest absolute Gasteiger partial charge is 0.305 e. The normalized spacial score (nSPS) is 12.7. The number of ether oxygens (including phenoxy) is 2. The third-order valence-electron chi connectivity index (χ3n) is 1.83. The van der Waals surface area contributed by atoms with Gasteiger partial charge in [0, 0.05) is 0 Å². The number of aliphatic hydroxyl groups is 1. The Kier molecular flexibility index (Phi) is 9.46. The predicted molar refractivity (Wildman–Crippen MR) is 54.8 cm³/mol. The first-order valence-electron chi connectivity index (χ1n) is 5.22. The highest BCUT2D eigenvalue weighted by Gasteiger charge is 2.12. The fourth-order valence-electron chi connectivity index (χ4n) is 1.20. The van der Waals surface area contributed by atoms with Gasteiger partial charge >= 0.3 is 5.97 Å². The summed E-state index contributed by atoms with van der Waals surface area (Å²) in [5.41, 5.74) is 0. The minimum Gasteiger partial charge on any atom is -0.481 e. The van der Waals surface area contributed by atoms with Crippen LogP contribution in [0.15, 0.2) is 0 Å². The molecule has 90 valence electrons. The minimum absolute atomic E-state index is 0.00643. The summed E-state index contributed by atoms with van der Waals surface area (Å²) in [6.45, 7) is 3.03. The molecule has 0 saturated carbocycles. The van der Waals surface area contributed by atoms with Crippen LogP contribution >= 0.6 is 0 Å². The van der Waals surface area contributed by atoms with Crippen molar-refractivity contribution in [3.8, 4) is 0 Å². The third-order valence-corrected chi connectivity index (χ3v) is 1.83. The molecule has 0 aliphatic rings. The van der Waals surface area contributed by atoms with Gasteiger partial charge in [-0.2, -0.15) is 0 Å². The molecule has 5 heteroatoms. The van der Waals surface area contributed by atoms with E-state index in [0.717, 1.165) is 12.8 Å². The number of aliphatic hydroxyl groups excluding tert-OH is 1. The maximum atomic E-state index is 10.5. The van der Waals surface area contributed by atoms with E-state index in [1.54, 1.807) is 0 Å². The molecule has 0 fully saturated rings. The summed E-state index contributed by atoms with van der Waals surface area (Å²) in [7, 11) is 0. The van der Waals surface area contributed by atoms with Gasteiger partial charge in [0.1, 0.15) is 0 Å². The van der Waals surface area contributed by atoms with Crippen molar-refractivity contribution >= 4 is 5.97 Å². The number of hydrogen-bond acceptors (Lipinski definition) is 4. The van der Waals surface area contributed by atoms with Crippen LogP contribution in [0.25, 0.3) is 0 Å². The summed E-state index contributed by atoms with van der Waals surface area (Å²) in [6.07, 6.45) is 1.44. The van der Waals surface area contributed by atoms with E-state index in [2.05, 4.69) is 0 Å². The van der Waals surface area contributed by atoms with Crippen molar-refractivity contribution in [1.29, 1.82) is 0 Å². The Labute approximate surface area is 90.0 Å². The fourth-order valence-corrected chi connectivity index (χ4v) is 1.20. The Morgan fingerprint density at radius 2 is 2.07 bits per heavy atom. The Morgan fingerprint density at radius 3 is 2.60 bits per heavy atom. The molecule has 0 radical (unpaired) electrons. The second-order valence-electron chi connectivity index (χ2n) is 3.22. The van der Waals surface area contributed by atoms with E-state index >= 15 is 0 Å². The van der Waals surface area contributed by atoms with Gasteiger partial charge in [0.05, 0.1) is 39.0 Å². The Hall–Kier alpha value is -0.650. The van der Waals surface area contributed by atoms with Crippen molar-refractivity contribution in [2.45, 2.75) is 32.3 Å². The Morgan fingerprint density at radius 1 is 1.33 bits per heavy atom. The van der Waals surface area contributed by atoms with Crippen LogP contribution in [0.1, 0.15) is 26.2 Å². The van der Waals surface area contributed by atoms with Crippen LogP contribution in [-0.4, -0.2) is 48.7 Å². The molecule has 15 heavy (non-hydrogen) atoms. The average Bonchev–Trinajstić information content (AvgIpc) is 2.17. The van der Waals surface area contributed by atoms with Gasteiger partial charge in [-0.05, 0) is 6.42 Å². The SMILES string of the molecule is CCCC(CC(=O)O)OCCOCCO. The largest absolute Gasteiger partial charge is 0.481 e. The molecule has 0 aromatic carbocycles. The summed E-state index contributed by atoms with van der Waals surface area (Å²) >= 11 is 0. The van der Waals surface area contributed by atoms with E-state index in [1.165, 1.54) is 0 Å². The number of aliphatic carboxylic acids is 1. The molecule has 0 bridgehead atoms. The highest BCUT2D eigenvalue weighted by atomic mass is 16.5. The summed E-state index contributed by atoms with van der Waals surface area (Å²) in [6, 6.07) is 0. The van der Waals surface area contributed by atoms with Crippen LogP contribution in [-0.2, 0) is 14.3 Å². The lowest BCUT2D eigenvalue weighted by Crippen LogP contribution is -2.20. The molecular formula is C10H20O5. The second kappa shape index (κ2) is 9.89.